The normalized spacial score (nSPS) is 13.9. The molecule has 4 rings (SSSR count). The van der Waals surface area contributed by atoms with E-state index in [4.69, 9.17) is 11.6 Å². The van der Waals surface area contributed by atoms with Crippen molar-refractivity contribution < 1.29 is 13.2 Å². The van der Waals surface area contributed by atoms with E-state index >= 15 is 0 Å². The van der Waals surface area contributed by atoms with Crippen LogP contribution in [0.2, 0.25) is 5.02 Å². The lowest BCUT2D eigenvalue weighted by molar-refractivity contribution is 0.0746. The number of benzene rings is 2. The highest BCUT2D eigenvalue weighted by atomic mass is 35.5. The van der Waals surface area contributed by atoms with Gasteiger partial charge >= 0.3 is 0 Å². The second-order valence-electron chi connectivity index (χ2n) is 7.40. The van der Waals surface area contributed by atoms with Crippen molar-refractivity contribution in [1.29, 1.82) is 5.26 Å². The molecule has 0 saturated carbocycles. The summed E-state index contributed by atoms with van der Waals surface area (Å²) in [5.41, 5.74) is 1.30. The van der Waals surface area contributed by atoms with Crippen LogP contribution in [0.25, 0.3) is 0 Å². The molecule has 10 heteroatoms. The highest BCUT2D eigenvalue weighted by Crippen LogP contribution is 2.21. The number of aromatic nitrogens is 1. The number of nitriles is 1. The molecule has 1 fully saturated rings. The Bertz CT molecular complexity index is 1300. The number of hydrogen-bond donors (Lipinski definition) is 1. The lowest BCUT2D eigenvalue weighted by Gasteiger charge is -2.35. The molecule has 3 aromatic rings. The van der Waals surface area contributed by atoms with Gasteiger partial charge in [-0.3, -0.25) is 9.52 Å². The molecule has 0 radical (unpaired) electrons. The number of nitrogens with zero attached hydrogens (tertiary/aromatic N) is 4. The van der Waals surface area contributed by atoms with Crippen molar-refractivity contribution >= 4 is 39.0 Å². The SMILES string of the molecule is N#Cc1cccnc1N1CCN(C(=O)c2ccc(S(=O)(=O)Nc3ccc(Cl)cc3)cc2)CC1. The molecule has 0 spiro atoms. The van der Waals surface area contributed by atoms with E-state index in [-0.39, 0.29) is 10.8 Å². The van der Waals surface area contributed by atoms with Gasteiger partial charge in [-0.15, -0.1) is 0 Å². The zero-order chi connectivity index (χ0) is 23.4. The number of anilines is 2. The first-order valence-corrected chi connectivity index (χ1v) is 12.0. The van der Waals surface area contributed by atoms with E-state index in [2.05, 4.69) is 15.8 Å². The monoisotopic (exact) mass is 481 g/mol. The number of nitrogens with one attached hydrogen (secondary N) is 1. The smallest absolute Gasteiger partial charge is 0.261 e. The first-order valence-electron chi connectivity index (χ1n) is 10.2. The van der Waals surface area contributed by atoms with E-state index in [1.54, 1.807) is 47.5 Å². The van der Waals surface area contributed by atoms with Gasteiger partial charge in [0.1, 0.15) is 11.9 Å². The van der Waals surface area contributed by atoms with E-state index < -0.39 is 10.0 Å². The molecule has 2 aromatic carbocycles. The van der Waals surface area contributed by atoms with Crippen LogP contribution in [-0.2, 0) is 10.0 Å². The molecule has 0 unspecified atom stereocenters. The van der Waals surface area contributed by atoms with Crippen molar-refractivity contribution in [3.63, 3.8) is 0 Å². The molecule has 33 heavy (non-hydrogen) atoms. The summed E-state index contributed by atoms with van der Waals surface area (Å²) >= 11 is 5.83. The van der Waals surface area contributed by atoms with Crippen molar-refractivity contribution in [3.8, 4) is 6.07 Å². The zero-order valence-corrected chi connectivity index (χ0v) is 19.1. The standard InChI is InChI=1S/C23H20ClN5O3S/c24-19-5-7-20(8-6-19)27-33(31,32)21-9-3-17(4-10-21)23(30)29-14-12-28(13-15-29)22-18(16-25)2-1-11-26-22/h1-11,27H,12-15H2. The first-order chi connectivity index (χ1) is 15.9. The quantitative estimate of drug-likeness (QED) is 0.598. The number of halogens is 1. The van der Waals surface area contributed by atoms with Gasteiger partial charge in [0.15, 0.2) is 0 Å². The Kier molecular flexibility index (Phi) is 6.49. The second kappa shape index (κ2) is 9.48. The van der Waals surface area contributed by atoms with Crippen molar-refractivity contribution in [2.24, 2.45) is 0 Å². The molecule has 0 bridgehead atoms. The Morgan fingerprint density at radius 1 is 1.00 bits per heavy atom. The average molecular weight is 482 g/mol. The number of piperazine rings is 1. The molecule has 0 aliphatic carbocycles. The van der Waals surface area contributed by atoms with Crippen LogP contribution < -0.4 is 9.62 Å². The van der Waals surface area contributed by atoms with Crippen molar-refractivity contribution in [2.45, 2.75) is 4.90 Å². The van der Waals surface area contributed by atoms with Gasteiger partial charge in [-0.25, -0.2) is 13.4 Å². The topological polar surface area (TPSA) is 106 Å². The van der Waals surface area contributed by atoms with Gasteiger partial charge in [0.25, 0.3) is 15.9 Å². The van der Waals surface area contributed by atoms with Crippen LogP contribution in [0.5, 0.6) is 0 Å². The maximum atomic E-state index is 12.9. The first kappa shape index (κ1) is 22.6. The van der Waals surface area contributed by atoms with Gasteiger partial charge < -0.3 is 9.80 Å². The number of carbonyl (C=O) groups excluding carboxylic acids is 1. The number of rotatable bonds is 5. The third-order valence-electron chi connectivity index (χ3n) is 5.28. The van der Waals surface area contributed by atoms with Gasteiger partial charge in [0.2, 0.25) is 0 Å². The molecule has 1 aliphatic rings. The minimum atomic E-state index is -3.80. The predicted molar refractivity (Wildman–Crippen MR) is 126 cm³/mol. The third-order valence-corrected chi connectivity index (χ3v) is 6.93. The van der Waals surface area contributed by atoms with Gasteiger partial charge in [0.05, 0.1) is 10.5 Å². The average Bonchev–Trinajstić information content (AvgIpc) is 2.85. The fourth-order valence-electron chi connectivity index (χ4n) is 3.55. The Labute approximate surface area is 197 Å². The highest BCUT2D eigenvalue weighted by molar-refractivity contribution is 7.92. The highest BCUT2D eigenvalue weighted by Gasteiger charge is 2.24. The number of pyridine rings is 1. The number of carbonyl (C=O) groups is 1. The largest absolute Gasteiger partial charge is 0.352 e. The minimum absolute atomic E-state index is 0.0537. The Balaban J connectivity index is 1.40. The van der Waals surface area contributed by atoms with Crippen molar-refractivity contribution in [3.05, 3.63) is 83.0 Å². The summed E-state index contributed by atoms with van der Waals surface area (Å²) in [7, 11) is -3.80. The maximum Gasteiger partial charge on any atom is 0.261 e. The van der Waals surface area contributed by atoms with Crippen LogP contribution >= 0.6 is 11.6 Å². The fourth-order valence-corrected chi connectivity index (χ4v) is 4.73. The Hall–Kier alpha value is -3.61. The Morgan fingerprint density at radius 2 is 1.67 bits per heavy atom. The number of hydrogen-bond acceptors (Lipinski definition) is 6. The van der Waals surface area contributed by atoms with Gasteiger partial charge in [-0.1, -0.05) is 11.6 Å². The molecule has 1 N–H and O–H groups in total. The lowest BCUT2D eigenvalue weighted by atomic mass is 10.1. The summed E-state index contributed by atoms with van der Waals surface area (Å²) in [6.45, 7) is 2.04. The maximum absolute atomic E-state index is 12.9. The summed E-state index contributed by atoms with van der Waals surface area (Å²) in [6, 6.07) is 17.8. The minimum Gasteiger partial charge on any atom is -0.352 e. The van der Waals surface area contributed by atoms with Crippen LogP contribution in [0.15, 0.2) is 71.8 Å². The summed E-state index contributed by atoms with van der Waals surface area (Å²) in [6.07, 6.45) is 1.64. The molecule has 1 amide bonds. The summed E-state index contributed by atoms with van der Waals surface area (Å²) in [5.74, 6) is 0.445. The summed E-state index contributed by atoms with van der Waals surface area (Å²) in [4.78, 5) is 21.0. The van der Waals surface area contributed by atoms with E-state index in [1.165, 1.54) is 24.3 Å². The van der Waals surface area contributed by atoms with Crippen LogP contribution in [0, 0.1) is 11.3 Å². The van der Waals surface area contributed by atoms with Gasteiger partial charge in [0, 0.05) is 48.6 Å². The third kappa shape index (κ3) is 5.08. The van der Waals surface area contributed by atoms with Crippen LogP contribution in [0.1, 0.15) is 15.9 Å². The molecule has 2 heterocycles. The molecule has 1 aliphatic heterocycles. The van der Waals surface area contributed by atoms with E-state index in [1.807, 2.05) is 4.90 Å². The van der Waals surface area contributed by atoms with E-state index in [9.17, 15) is 18.5 Å². The molecular weight excluding hydrogens is 462 g/mol. The molecule has 0 atom stereocenters. The van der Waals surface area contributed by atoms with Crippen molar-refractivity contribution in [1.82, 2.24) is 9.88 Å². The van der Waals surface area contributed by atoms with Gasteiger partial charge in [-0.05, 0) is 60.7 Å². The lowest BCUT2D eigenvalue weighted by Crippen LogP contribution is -2.49. The molecule has 168 valence electrons. The zero-order valence-electron chi connectivity index (χ0n) is 17.5. The fraction of sp³-hybridized carbons (Fsp3) is 0.174. The molecule has 8 nitrogen and oxygen atoms in total. The Morgan fingerprint density at radius 3 is 2.30 bits per heavy atom. The number of sulfonamides is 1. The van der Waals surface area contributed by atoms with Gasteiger partial charge in [-0.2, -0.15) is 5.26 Å². The van der Waals surface area contributed by atoms with E-state index in [0.29, 0.717) is 53.8 Å². The molecule has 1 aromatic heterocycles. The van der Waals surface area contributed by atoms with Crippen LogP contribution in [0.3, 0.4) is 0 Å². The van der Waals surface area contributed by atoms with Crippen LogP contribution in [0.4, 0.5) is 11.5 Å². The van der Waals surface area contributed by atoms with Crippen LogP contribution in [-0.4, -0.2) is 50.4 Å². The summed E-state index contributed by atoms with van der Waals surface area (Å²) in [5, 5.41) is 9.78. The number of amides is 1. The predicted octanol–water partition coefficient (Wildman–Crippen LogP) is 3.37. The second-order valence-corrected chi connectivity index (χ2v) is 9.52. The molecule has 1 saturated heterocycles. The van der Waals surface area contributed by atoms with Crippen molar-refractivity contribution in [2.75, 3.05) is 35.8 Å². The summed E-state index contributed by atoms with van der Waals surface area (Å²) < 4.78 is 27.7. The van der Waals surface area contributed by atoms with E-state index in [0.717, 1.165) is 0 Å². The molecular formula is C23H20ClN5O3S.